The van der Waals surface area contributed by atoms with Gasteiger partial charge in [-0.2, -0.15) is 0 Å². The molecule has 0 radical (unpaired) electrons. The summed E-state index contributed by atoms with van der Waals surface area (Å²) < 4.78 is 29.0. The zero-order chi connectivity index (χ0) is 28.4. The van der Waals surface area contributed by atoms with Crippen molar-refractivity contribution < 1.29 is 28.3 Å². The van der Waals surface area contributed by atoms with Crippen LogP contribution < -0.4 is 25.8 Å². The number of hydrogen-bond donors (Lipinski definition) is 2. The summed E-state index contributed by atoms with van der Waals surface area (Å²) in [5, 5.41) is 3.48. The fraction of sp³-hybridized carbons (Fsp3) is 0.464. The number of aromatic amines is 1. The maximum atomic E-state index is 12.5. The number of nitrogens with one attached hydrogen (secondary N) is 2. The van der Waals surface area contributed by atoms with Crippen molar-refractivity contribution in [3.63, 3.8) is 0 Å². The molecule has 1 amide bonds. The summed E-state index contributed by atoms with van der Waals surface area (Å²) in [5.74, 6) is 0.701. The highest BCUT2D eigenvalue weighted by atomic mass is 16.7. The maximum Gasteiger partial charge on any atom is 0.494 e. The molecule has 2 aromatic heterocycles. The Morgan fingerprint density at radius 2 is 1.72 bits per heavy atom. The quantitative estimate of drug-likeness (QED) is 0.330. The van der Waals surface area contributed by atoms with Crippen LogP contribution in [-0.4, -0.2) is 53.2 Å². The lowest BCUT2D eigenvalue weighted by Crippen LogP contribution is -2.41. The molecule has 4 rings (SSSR count). The Kier molecular flexibility index (Phi) is 7.95. The van der Waals surface area contributed by atoms with E-state index in [1.54, 1.807) is 45.3 Å². The molecule has 1 aromatic carbocycles. The van der Waals surface area contributed by atoms with Gasteiger partial charge in [0.1, 0.15) is 24.6 Å². The van der Waals surface area contributed by atoms with Crippen molar-refractivity contribution in [3.05, 3.63) is 58.6 Å². The number of alkyl carbamates (subject to hydrolysis) is 1. The smallest absolute Gasteiger partial charge is 0.488 e. The van der Waals surface area contributed by atoms with Gasteiger partial charge in [0.05, 0.1) is 17.4 Å². The zero-order valence-corrected chi connectivity index (χ0v) is 23.5. The van der Waals surface area contributed by atoms with Crippen molar-refractivity contribution >= 4 is 29.6 Å². The number of rotatable bonds is 8. The van der Waals surface area contributed by atoms with Crippen molar-refractivity contribution in [2.24, 2.45) is 0 Å². The summed E-state index contributed by atoms with van der Waals surface area (Å²) in [7, 11) is -0.507. The van der Waals surface area contributed by atoms with Crippen LogP contribution >= 0.6 is 0 Å². The lowest BCUT2D eigenvalue weighted by atomic mass is 9.78. The highest BCUT2D eigenvalue weighted by Gasteiger charge is 2.51. The SMILES string of the molecule is CC(C)(C)OC(=O)NCc1cncc(OCCOc2cc3cc(B4OC(C)(C)C(C)(C)O4)ccc3[nH]c2=O)c1. The highest BCUT2D eigenvalue weighted by molar-refractivity contribution is 6.62. The minimum Gasteiger partial charge on any atom is -0.488 e. The first-order chi connectivity index (χ1) is 18.2. The molecule has 0 saturated carbocycles. The van der Waals surface area contributed by atoms with Gasteiger partial charge in [-0.3, -0.25) is 9.78 Å². The Morgan fingerprint density at radius 1 is 1.03 bits per heavy atom. The molecule has 1 aliphatic heterocycles. The summed E-state index contributed by atoms with van der Waals surface area (Å²) in [5.41, 5.74) is 0.495. The third kappa shape index (κ3) is 7.10. The summed E-state index contributed by atoms with van der Waals surface area (Å²) in [4.78, 5) is 31.4. The average Bonchev–Trinajstić information content (AvgIpc) is 3.06. The Balaban J connectivity index is 1.34. The van der Waals surface area contributed by atoms with E-state index in [9.17, 15) is 9.59 Å². The van der Waals surface area contributed by atoms with Gasteiger partial charge in [-0.05, 0) is 77.7 Å². The van der Waals surface area contributed by atoms with Gasteiger partial charge in [-0.15, -0.1) is 0 Å². The zero-order valence-electron chi connectivity index (χ0n) is 23.5. The van der Waals surface area contributed by atoms with Crippen LogP contribution in [0.4, 0.5) is 4.79 Å². The van der Waals surface area contributed by atoms with E-state index in [0.29, 0.717) is 11.3 Å². The first-order valence-corrected chi connectivity index (χ1v) is 12.9. The number of nitrogens with zero attached hydrogens (tertiary/aromatic N) is 1. The monoisotopic (exact) mass is 537 g/mol. The standard InChI is InChI=1S/C28H36BN3O7/c1-26(2,3)37-25(34)31-16-18-12-21(17-30-15-18)35-10-11-36-23-14-19-13-20(8-9-22(19)32-24(23)33)29-38-27(4,5)28(6,7)39-29/h8-9,12-15,17H,10-11,16H2,1-7H3,(H,31,34)(H,32,33). The van der Waals surface area contributed by atoms with Gasteiger partial charge in [0.25, 0.3) is 5.56 Å². The number of fused-ring (bicyclic) bond motifs is 1. The fourth-order valence-corrected chi connectivity index (χ4v) is 3.88. The number of pyridine rings is 2. The van der Waals surface area contributed by atoms with Crippen LogP contribution in [0.1, 0.15) is 54.0 Å². The van der Waals surface area contributed by atoms with Gasteiger partial charge in [0.15, 0.2) is 5.75 Å². The molecule has 39 heavy (non-hydrogen) atoms. The molecule has 0 unspecified atom stereocenters. The van der Waals surface area contributed by atoms with Gasteiger partial charge < -0.3 is 33.8 Å². The molecule has 1 saturated heterocycles. The fourth-order valence-electron chi connectivity index (χ4n) is 3.88. The van der Waals surface area contributed by atoms with Gasteiger partial charge in [0, 0.05) is 23.6 Å². The first-order valence-electron chi connectivity index (χ1n) is 12.9. The highest BCUT2D eigenvalue weighted by Crippen LogP contribution is 2.36. The number of carbonyl (C=O) groups is 1. The predicted octanol–water partition coefficient (Wildman–Crippen LogP) is 3.70. The minimum absolute atomic E-state index is 0.145. The van der Waals surface area contributed by atoms with Gasteiger partial charge >= 0.3 is 13.2 Å². The van der Waals surface area contributed by atoms with Crippen molar-refractivity contribution in [1.82, 2.24) is 15.3 Å². The van der Waals surface area contributed by atoms with E-state index in [0.717, 1.165) is 16.4 Å². The summed E-state index contributed by atoms with van der Waals surface area (Å²) in [6.45, 7) is 14.0. The van der Waals surface area contributed by atoms with Crippen LogP contribution in [0.25, 0.3) is 10.9 Å². The predicted molar refractivity (Wildman–Crippen MR) is 149 cm³/mol. The number of hydrogen-bond acceptors (Lipinski definition) is 8. The third-order valence-corrected chi connectivity index (χ3v) is 6.57. The average molecular weight is 537 g/mol. The number of ether oxygens (including phenoxy) is 3. The summed E-state index contributed by atoms with van der Waals surface area (Å²) in [6, 6.07) is 9.12. The molecule has 0 spiro atoms. The van der Waals surface area contributed by atoms with Crippen molar-refractivity contribution in [2.75, 3.05) is 13.2 Å². The molecule has 3 heterocycles. The number of aromatic nitrogens is 2. The Labute approximate surface area is 228 Å². The topological polar surface area (TPSA) is 121 Å². The molecule has 10 nitrogen and oxygen atoms in total. The van der Waals surface area contributed by atoms with E-state index < -0.39 is 30.0 Å². The number of carbonyl (C=O) groups excluding carboxylic acids is 1. The van der Waals surface area contributed by atoms with Crippen LogP contribution in [0.15, 0.2) is 47.5 Å². The van der Waals surface area contributed by atoms with E-state index in [2.05, 4.69) is 15.3 Å². The summed E-state index contributed by atoms with van der Waals surface area (Å²) >= 11 is 0. The number of amides is 1. The van der Waals surface area contributed by atoms with Crippen molar-refractivity contribution in [2.45, 2.75) is 71.8 Å². The van der Waals surface area contributed by atoms with E-state index in [-0.39, 0.29) is 31.1 Å². The molecule has 1 aliphatic rings. The molecule has 0 bridgehead atoms. The molecule has 0 atom stereocenters. The number of benzene rings is 1. The van der Waals surface area contributed by atoms with Crippen LogP contribution in [-0.2, 0) is 20.6 Å². The lowest BCUT2D eigenvalue weighted by molar-refractivity contribution is 0.00578. The Bertz CT molecular complexity index is 1380. The normalized spacial score (nSPS) is 16.2. The second-order valence-corrected chi connectivity index (χ2v) is 11.5. The Hall–Kier alpha value is -3.57. The van der Waals surface area contributed by atoms with Crippen LogP contribution in [0, 0.1) is 0 Å². The molecule has 0 aliphatic carbocycles. The molecular formula is C28H36BN3O7. The van der Waals surface area contributed by atoms with Crippen LogP contribution in [0.2, 0.25) is 0 Å². The third-order valence-electron chi connectivity index (χ3n) is 6.57. The van der Waals surface area contributed by atoms with Gasteiger partial charge in [0.2, 0.25) is 0 Å². The second-order valence-electron chi connectivity index (χ2n) is 11.5. The van der Waals surface area contributed by atoms with Crippen LogP contribution in [0.5, 0.6) is 11.5 Å². The molecular weight excluding hydrogens is 501 g/mol. The van der Waals surface area contributed by atoms with E-state index in [4.69, 9.17) is 23.5 Å². The Morgan fingerprint density at radius 3 is 2.41 bits per heavy atom. The second kappa shape index (κ2) is 10.9. The van der Waals surface area contributed by atoms with E-state index in [1.165, 1.54) is 0 Å². The number of H-pyrrole nitrogens is 1. The molecule has 1 fully saturated rings. The first kappa shape index (κ1) is 28.4. The summed E-state index contributed by atoms with van der Waals surface area (Å²) in [6.07, 6.45) is 2.69. The molecule has 208 valence electrons. The van der Waals surface area contributed by atoms with Crippen LogP contribution in [0.3, 0.4) is 0 Å². The van der Waals surface area contributed by atoms with Gasteiger partial charge in [-0.1, -0.05) is 12.1 Å². The molecule has 2 N–H and O–H groups in total. The molecule has 3 aromatic rings. The van der Waals surface area contributed by atoms with E-state index in [1.807, 2.05) is 45.9 Å². The largest absolute Gasteiger partial charge is 0.494 e. The van der Waals surface area contributed by atoms with Gasteiger partial charge in [-0.25, -0.2) is 4.79 Å². The minimum atomic E-state index is -0.574. The van der Waals surface area contributed by atoms with Crippen molar-refractivity contribution in [1.29, 1.82) is 0 Å². The lowest BCUT2D eigenvalue weighted by Gasteiger charge is -2.32. The van der Waals surface area contributed by atoms with E-state index >= 15 is 0 Å². The maximum absolute atomic E-state index is 12.5. The molecule has 11 heteroatoms. The van der Waals surface area contributed by atoms with Crippen molar-refractivity contribution in [3.8, 4) is 11.5 Å².